The van der Waals surface area contributed by atoms with E-state index in [1.165, 1.54) is 105 Å². The Bertz CT molecular complexity index is 2200. The average molecular weight is 1140 g/mol. The molecule has 0 saturated carbocycles. The smallest absolute Gasteiger partial charge is 0.171 e. The maximum absolute atomic E-state index is 17.1. The van der Waals surface area contributed by atoms with E-state index in [2.05, 4.69) is 99.4 Å². The number of halogens is 6. The Balaban J connectivity index is 1.37. The number of thiophene rings is 4. The van der Waals surface area contributed by atoms with Gasteiger partial charge in [-0.15, -0.1) is 45.3 Å². The van der Waals surface area contributed by atoms with Gasteiger partial charge in [-0.25, -0.2) is 17.6 Å². The maximum atomic E-state index is 17.1. The molecule has 4 unspecified atom stereocenters. The molecule has 0 bridgehead atoms. The van der Waals surface area contributed by atoms with Crippen LogP contribution < -0.4 is 20.7 Å². The van der Waals surface area contributed by atoms with Crippen molar-refractivity contribution in [3.05, 3.63) is 55.1 Å². The van der Waals surface area contributed by atoms with Gasteiger partial charge in [0.2, 0.25) is 0 Å². The number of hydrogen-bond acceptors (Lipinski definition) is 4. The number of unbranched alkanes of at least 4 members (excludes halogenated alkanes) is 4. The second-order valence-electron chi connectivity index (χ2n) is 19.9. The number of rotatable bonds is 26. The molecule has 2 aliphatic rings. The van der Waals surface area contributed by atoms with E-state index < -0.39 is 50.5 Å². The van der Waals surface area contributed by atoms with Crippen LogP contribution in [0.2, 0.25) is 24.2 Å². The van der Waals surface area contributed by atoms with Gasteiger partial charge >= 0.3 is 0 Å². The minimum Gasteiger partial charge on any atom is -0.203 e. The minimum absolute atomic E-state index is 0.304. The zero-order valence-electron chi connectivity index (χ0n) is 40.7. The summed E-state index contributed by atoms with van der Waals surface area (Å²) in [6.45, 7) is 18.2. The predicted octanol–water partition coefficient (Wildman–Crippen LogP) is 19.3. The van der Waals surface area contributed by atoms with Gasteiger partial charge in [-0.05, 0) is 125 Å². The van der Waals surface area contributed by atoms with Crippen molar-refractivity contribution >= 4 is 114 Å². The fourth-order valence-corrected chi connectivity index (χ4v) is 34.2. The zero-order chi connectivity index (χ0) is 47.5. The SMILES string of the molecule is CCCCC(CC)C[Si]1(CC(CC)CCCC)c2cc(Br)sc2-c2sc(-c3c(F)c(F)c(-c4cc5c(s4)-c4sc(Br)cc4[Si]5(CC(CC)CCCC)CC(CC)CCCC)c(F)c3F)cc21. The molecular weight excluding hydrogens is 1070 g/mol. The van der Waals surface area contributed by atoms with E-state index in [1.54, 1.807) is 22.7 Å². The lowest BCUT2D eigenvalue weighted by Crippen LogP contribution is -2.56. The first-order valence-corrected chi connectivity index (χ1v) is 35.2. The molecule has 0 N–H and O–H groups in total. The molecule has 0 radical (unpaired) electrons. The lowest BCUT2D eigenvalue weighted by molar-refractivity contribution is 0.463. The van der Waals surface area contributed by atoms with Crippen molar-refractivity contribution in [2.75, 3.05) is 0 Å². The van der Waals surface area contributed by atoms with E-state index in [0.29, 0.717) is 33.4 Å². The van der Waals surface area contributed by atoms with Gasteiger partial charge in [0.25, 0.3) is 0 Å². The molecule has 4 aromatic heterocycles. The number of benzene rings is 1. The first-order valence-electron chi connectivity index (χ1n) is 25.5. The van der Waals surface area contributed by atoms with Gasteiger partial charge in [0.15, 0.2) is 23.3 Å². The highest BCUT2D eigenvalue weighted by Crippen LogP contribution is 2.52. The van der Waals surface area contributed by atoms with Crippen molar-refractivity contribution in [1.29, 1.82) is 0 Å². The van der Waals surface area contributed by atoms with Crippen molar-refractivity contribution in [3.8, 4) is 40.4 Å². The van der Waals surface area contributed by atoms with Crippen LogP contribution in [0.5, 0.6) is 0 Å². The summed E-state index contributed by atoms with van der Waals surface area (Å²) < 4.78 is 70.7. The quantitative estimate of drug-likeness (QED) is 0.0294. The maximum Gasteiger partial charge on any atom is 0.171 e. The Morgan fingerprint density at radius 3 is 0.924 bits per heavy atom. The van der Waals surface area contributed by atoms with Crippen LogP contribution in [0.3, 0.4) is 0 Å². The zero-order valence-corrected chi connectivity index (χ0v) is 49.1. The fourth-order valence-electron chi connectivity index (χ4n) is 12.0. The van der Waals surface area contributed by atoms with E-state index in [4.69, 9.17) is 0 Å². The summed E-state index contributed by atoms with van der Waals surface area (Å²) in [6.07, 6.45) is 18.3. The third-order valence-electron chi connectivity index (χ3n) is 15.8. The van der Waals surface area contributed by atoms with Crippen molar-refractivity contribution in [2.45, 2.75) is 182 Å². The third-order valence-corrected chi connectivity index (χ3v) is 33.3. The molecule has 12 heteroatoms. The van der Waals surface area contributed by atoms with Gasteiger partial charge in [0.05, 0.1) is 18.7 Å². The normalized spacial score (nSPS) is 19.2. The molecule has 0 saturated heterocycles. The van der Waals surface area contributed by atoms with E-state index >= 15 is 17.6 Å². The highest BCUT2D eigenvalue weighted by molar-refractivity contribution is 9.11. The Hall–Kier alpha value is -0.866. The second-order valence-corrected chi connectivity index (χ2v) is 35.0. The van der Waals surface area contributed by atoms with E-state index in [0.717, 1.165) is 92.9 Å². The monoisotopic (exact) mass is 1140 g/mol. The molecule has 362 valence electrons. The Morgan fingerprint density at radius 1 is 0.409 bits per heavy atom. The van der Waals surface area contributed by atoms with Gasteiger partial charge < -0.3 is 0 Å². The summed E-state index contributed by atoms with van der Waals surface area (Å²) in [5.74, 6) is -2.95. The van der Waals surface area contributed by atoms with E-state index in [1.807, 2.05) is 12.1 Å². The first-order chi connectivity index (χ1) is 31.8. The van der Waals surface area contributed by atoms with Crippen molar-refractivity contribution in [3.63, 3.8) is 0 Å². The fraction of sp³-hybridized carbons (Fsp3) is 0.593. The number of fused-ring (bicyclic) bond motifs is 6. The summed E-state index contributed by atoms with van der Waals surface area (Å²) in [5.41, 5.74) is -1.10. The van der Waals surface area contributed by atoms with Crippen molar-refractivity contribution in [1.82, 2.24) is 0 Å². The standard InChI is InChI=1S/C54H72Br2F4S4Si2/c1-9-17-21-33(13-5)29-65(30-34(14-6)22-18-10-2)39-25-37(61-51(39)53-41(65)27-43(55)63-53)45-47(57)49(59)46(50(60)48(45)58)38-26-40-52(62-38)54-42(28-44(56)64-54)66(40,31-35(15-7)23-19-11-3)32-36(16-8)24-20-12-4/h25-28,33-36H,9-24,29-32H2,1-8H3. The Morgan fingerprint density at radius 2 is 0.667 bits per heavy atom. The molecule has 1 aromatic carbocycles. The van der Waals surface area contributed by atoms with Crippen LogP contribution in [0.4, 0.5) is 17.6 Å². The van der Waals surface area contributed by atoms with Crippen LogP contribution in [0.15, 0.2) is 31.8 Å². The second kappa shape index (κ2) is 23.1. The highest BCUT2D eigenvalue weighted by Gasteiger charge is 2.52. The van der Waals surface area contributed by atoms with Gasteiger partial charge in [0.1, 0.15) is 16.1 Å². The summed E-state index contributed by atoms with van der Waals surface area (Å²) in [4.78, 5) is 5.10. The van der Waals surface area contributed by atoms with Gasteiger partial charge in [-0.3, -0.25) is 0 Å². The molecule has 0 spiro atoms. The Labute approximate surface area is 429 Å². The van der Waals surface area contributed by atoms with Crippen molar-refractivity contribution < 1.29 is 17.6 Å². The molecule has 0 nitrogen and oxygen atoms in total. The molecule has 0 aliphatic carbocycles. The summed E-state index contributed by atoms with van der Waals surface area (Å²) >= 11 is 13.8. The topological polar surface area (TPSA) is 0 Å². The number of hydrogen-bond donors (Lipinski definition) is 0. The van der Waals surface area contributed by atoms with Crippen molar-refractivity contribution in [2.24, 2.45) is 23.7 Å². The van der Waals surface area contributed by atoms with E-state index in [-0.39, 0.29) is 0 Å². The van der Waals surface area contributed by atoms with E-state index in [9.17, 15) is 0 Å². The van der Waals surface area contributed by atoms with Gasteiger partial charge in [-0.2, -0.15) is 0 Å². The van der Waals surface area contributed by atoms with Gasteiger partial charge in [-0.1, -0.05) is 158 Å². The van der Waals surface area contributed by atoms with Crippen LogP contribution in [0.25, 0.3) is 40.4 Å². The summed E-state index contributed by atoms with van der Waals surface area (Å²) in [5, 5.41) is 5.35. The molecule has 5 aromatic rings. The minimum atomic E-state index is -2.48. The molecule has 7 rings (SSSR count). The molecule has 66 heavy (non-hydrogen) atoms. The molecular formula is C54H72Br2F4S4Si2. The largest absolute Gasteiger partial charge is 0.203 e. The Kier molecular flexibility index (Phi) is 18.6. The molecule has 0 fully saturated rings. The average Bonchev–Trinajstić information content (AvgIpc) is 4.17. The van der Waals surface area contributed by atoms with Crippen LogP contribution in [0, 0.1) is 46.9 Å². The predicted molar refractivity (Wildman–Crippen MR) is 297 cm³/mol. The molecule has 4 atom stereocenters. The highest BCUT2D eigenvalue weighted by atomic mass is 79.9. The van der Waals surface area contributed by atoms with Crippen LogP contribution in [0.1, 0.15) is 158 Å². The summed E-state index contributed by atoms with van der Waals surface area (Å²) in [6, 6.07) is 13.0. The summed E-state index contributed by atoms with van der Waals surface area (Å²) in [7, 11) is -4.97. The lowest BCUT2D eigenvalue weighted by atomic mass is 10.0. The lowest BCUT2D eigenvalue weighted by Gasteiger charge is -2.35. The molecule has 6 heterocycles. The third kappa shape index (κ3) is 10.1. The molecule has 0 amide bonds. The van der Waals surface area contributed by atoms with Crippen LogP contribution >= 0.6 is 77.2 Å². The van der Waals surface area contributed by atoms with Crippen LogP contribution in [-0.2, 0) is 0 Å². The van der Waals surface area contributed by atoms with Crippen LogP contribution in [-0.4, -0.2) is 16.1 Å². The first kappa shape index (κ1) is 52.9. The molecule has 2 aliphatic heterocycles. The van der Waals surface area contributed by atoms with Gasteiger partial charge in [0, 0.05) is 29.3 Å².